The molecule has 0 bridgehead atoms. The number of hydrogen-bond acceptors (Lipinski definition) is 3. The van der Waals surface area contributed by atoms with Gasteiger partial charge in [-0.3, -0.25) is 4.90 Å². The molecule has 2 fully saturated rings. The summed E-state index contributed by atoms with van der Waals surface area (Å²) in [6.07, 6.45) is 3.60. The lowest BCUT2D eigenvalue weighted by atomic mass is 10.1. The van der Waals surface area contributed by atoms with E-state index in [1.54, 1.807) is 7.11 Å². The molecule has 0 atom stereocenters. The minimum Gasteiger partial charge on any atom is -0.383 e. The van der Waals surface area contributed by atoms with Crippen LogP contribution in [0.2, 0.25) is 0 Å². The Morgan fingerprint density at radius 2 is 1.56 bits per heavy atom. The summed E-state index contributed by atoms with van der Waals surface area (Å²) < 4.78 is 5.08. The van der Waals surface area contributed by atoms with Crippen molar-refractivity contribution in [2.75, 3.05) is 59.5 Å². The highest BCUT2D eigenvalue weighted by atomic mass is 16.5. The normalized spacial score (nSPS) is 22.3. The maximum atomic E-state index is 12.3. The summed E-state index contributed by atoms with van der Waals surface area (Å²) in [5.41, 5.74) is 0. The van der Waals surface area contributed by atoms with E-state index in [9.17, 15) is 4.79 Å². The number of amides is 2. The fraction of sp³-hybridized carbons (Fsp3) is 0.923. The van der Waals surface area contributed by atoms with Gasteiger partial charge in [-0.2, -0.15) is 0 Å². The van der Waals surface area contributed by atoms with Crippen LogP contribution < -0.4 is 0 Å². The van der Waals surface area contributed by atoms with Gasteiger partial charge in [0.1, 0.15) is 0 Å². The molecule has 0 aromatic carbocycles. The predicted molar refractivity (Wildman–Crippen MR) is 70.7 cm³/mol. The van der Waals surface area contributed by atoms with Gasteiger partial charge < -0.3 is 14.5 Å². The van der Waals surface area contributed by atoms with E-state index in [-0.39, 0.29) is 6.03 Å². The standard InChI is InChI=1S/C13H25N3O2/c1-18-12-11-14-7-9-16(10-8-14)13(17)15-5-3-2-4-6-15/h2-12H2,1H3. The second-order valence-corrected chi connectivity index (χ2v) is 5.15. The number of carbonyl (C=O) groups excluding carboxylic acids is 1. The van der Waals surface area contributed by atoms with Crippen molar-refractivity contribution in [3.05, 3.63) is 0 Å². The molecular weight excluding hydrogens is 230 g/mol. The fourth-order valence-corrected chi connectivity index (χ4v) is 2.67. The quantitative estimate of drug-likeness (QED) is 0.750. The fourth-order valence-electron chi connectivity index (χ4n) is 2.67. The van der Waals surface area contributed by atoms with Gasteiger partial charge in [-0.25, -0.2) is 4.79 Å². The molecule has 0 aromatic heterocycles. The Balaban J connectivity index is 1.73. The number of hydrogen-bond donors (Lipinski definition) is 0. The van der Waals surface area contributed by atoms with E-state index in [1.807, 2.05) is 9.80 Å². The summed E-state index contributed by atoms with van der Waals surface area (Å²) >= 11 is 0. The van der Waals surface area contributed by atoms with Crippen LogP contribution in [0.4, 0.5) is 4.79 Å². The number of nitrogens with zero attached hydrogens (tertiary/aromatic N) is 3. The lowest BCUT2D eigenvalue weighted by Crippen LogP contribution is -2.54. The zero-order valence-electron chi connectivity index (χ0n) is 11.4. The summed E-state index contributed by atoms with van der Waals surface area (Å²) in [5, 5.41) is 0. The second-order valence-electron chi connectivity index (χ2n) is 5.15. The van der Waals surface area contributed by atoms with Crippen molar-refractivity contribution < 1.29 is 9.53 Å². The minimum absolute atomic E-state index is 0.251. The van der Waals surface area contributed by atoms with E-state index in [0.717, 1.165) is 52.4 Å². The van der Waals surface area contributed by atoms with Crippen LogP contribution in [0, 0.1) is 0 Å². The maximum absolute atomic E-state index is 12.3. The average molecular weight is 255 g/mol. The molecule has 5 heteroatoms. The Kier molecular flexibility index (Phi) is 5.26. The molecule has 0 radical (unpaired) electrons. The predicted octanol–water partition coefficient (Wildman–Crippen LogP) is 0.856. The summed E-state index contributed by atoms with van der Waals surface area (Å²) in [4.78, 5) is 18.7. The highest BCUT2D eigenvalue weighted by Gasteiger charge is 2.25. The first kappa shape index (κ1) is 13.6. The number of carbonyl (C=O) groups is 1. The van der Waals surface area contributed by atoms with Crippen molar-refractivity contribution >= 4 is 6.03 Å². The summed E-state index contributed by atoms with van der Waals surface area (Å²) in [6.45, 7) is 7.32. The molecule has 5 nitrogen and oxygen atoms in total. The van der Waals surface area contributed by atoms with Gasteiger partial charge in [0.15, 0.2) is 0 Å². The molecule has 2 saturated heterocycles. The van der Waals surface area contributed by atoms with Gasteiger partial charge in [-0.15, -0.1) is 0 Å². The first-order chi connectivity index (χ1) is 8.81. The molecule has 18 heavy (non-hydrogen) atoms. The third-order valence-corrected chi connectivity index (χ3v) is 3.88. The molecule has 0 aromatic rings. The van der Waals surface area contributed by atoms with Gasteiger partial charge in [0.25, 0.3) is 0 Å². The van der Waals surface area contributed by atoms with Gasteiger partial charge in [0.05, 0.1) is 6.61 Å². The Morgan fingerprint density at radius 1 is 0.944 bits per heavy atom. The lowest BCUT2D eigenvalue weighted by Gasteiger charge is -2.38. The van der Waals surface area contributed by atoms with E-state index in [1.165, 1.54) is 19.3 Å². The molecular formula is C13H25N3O2. The lowest BCUT2D eigenvalue weighted by molar-refractivity contribution is 0.0895. The minimum atomic E-state index is 0.251. The summed E-state index contributed by atoms with van der Waals surface area (Å²) in [5.74, 6) is 0. The number of likely N-dealkylation sites (tertiary alicyclic amines) is 1. The largest absolute Gasteiger partial charge is 0.383 e. The van der Waals surface area contributed by atoms with Crippen molar-refractivity contribution in [1.29, 1.82) is 0 Å². The molecule has 104 valence electrons. The molecule has 0 saturated carbocycles. The van der Waals surface area contributed by atoms with Crippen LogP contribution >= 0.6 is 0 Å². The Bertz CT molecular complexity index is 259. The molecule has 2 rings (SSSR count). The van der Waals surface area contributed by atoms with Crippen molar-refractivity contribution in [3.63, 3.8) is 0 Å². The molecule has 0 spiro atoms. The third-order valence-electron chi connectivity index (χ3n) is 3.88. The van der Waals surface area contributed by atoms with E-state index in [0.29, 0.717) is 0 Å². The van der Waals surface area contributed by atoms with Crippen molar-refractivity contribution in [2.24, 2.45) is 0 Å². The average Bonchev–Trinajstić information content (AvgIpc) is 2.46. The van der Waals surface area contributed by atoms with Crippen LogP contribution in [-0.2, 0) is 4.74 Å². The van der Waals surface area contributed by atoms with Crippen LogP contribution in [0.3, 0.4) is 0 Å². The molecule has 2 aliphatic rings. The zero-order chi connectivity index (χ0) is 12.8. The van der Waals surface area contributed by atoms with Crippen LogP contribution in [0.5, 0.6) is 0 Å². The maximum Gasteiger partial charge on any atom is 0.320 e. The van der Waals surface area contributed by atoms with Crippen molar-refractivity contribution in [1.82, 2.24) is 14.7 Å². The Labute approximate surface area is 110 Å². The first-order valence-electron chi connectivity index (χ1n) is 7.06. The van der Waals surface area contributed by atoms with E-state index in [4.69, 9.17) is 4.74 Å². The highest BCUT2D eigenvalue weighted by Crippen LogP contribution is 2.12. The summed E-state index contributed by atoms with van der Waals surface area (Å²) in [6, 6.07) is 0.251. The number of urea groups is 1. The molecule has 0 aliphatic carbocycles. The van der Waals surface area contributed by atoms with Crippen LogP contribution in [0.1, 0.15) is 19.3 Å². The number of piperidine rings is 1. The Hall–Kier alpha value is -0.810. The SMILES string of the molecule is COCCN1CCN(C(=O)N2CCCCC2)CC1. The van der Waals surface area contributed by atoms with Crippen LogP contribution in [0.25, 0.3) is 0 Å². The van der Waals surface area contributed by atoms with E-state index in [2.05, 4.69) is 4.90 Å². The highest BCUT2D eigenvalue weighted by molar-refractivity contribution is 5.74. The number of piperazine rings is 1. The second kappa shape index (κ2) is 6.95. The molecule has 2 aliphatic heterocycles. The number of methoxy groups -OCH3 is 1. The first-order valence-corrected chi connectivity index (χ1v) is 7.06. The molecule has 0 N–H and O–H groups in total. The molecule has 2 amide bonds. The van der Waals surface area contributed by atoms with Gasteiger partial charge in [-0.1, -0.05) is 0 Å². The van der Waals surface area contributed by atoms with Crippen LogP contribution in [-0.4, -0.2) is 80.3 Å². The topological polar surface area (TPSA) is 36.0 Å². The van der Waals surface area contributed by atoms with E-state index >= 15 is 0 Å². The monoisotopic (exact) mass is 255 g/mol. The van der Waals surface area contributed by atoms with Crippen molar-refractivity contribution in [3.8, 4) is 0 Å². The van der Waals surface area contributed by atoms with Gasteiger partial charge in [0.2, 0.25) is 0 Å². The smallest absolute Gasteiger partial charge is 0.320 e. The van der Waals surface area contributed by atoms with Gasteiger partial charge in [0, 0.05) is 52.9 Å². The molecule has 2 heterocycles. The van der Waals surface area contributed by atoms with E-state index < -0.39 is 0 Å². The van der Waals surface area contributed by atoms with Crippen molar-refractivity contribution in [2.45, 2.75) is 19.3 Å². The molecule has 0 unspecified atom stereocenters. The number of ether oxygens (including phenoxy) is 1. The van der Waals surface area contributed by atoms with Gasteiger partial charge in [-0.05, 0) is 19.3 Å². The third kappa shape index (κ3) is 3.59. The van der Waals surface area contributed by atoms with Crippen LogP contribution in [0.15, 0.2) is 0 Å². The van der Waals surface area contributed by atoms with Gasteiger partial charge >= 0.3 is 6.03 Å². The zero-order valence-corrected chi connectivity index (χ0v) is 11.4. The number of rotatable bonds is 3. The summed E-state index contributed by atoms with van der Waals surface area (Å²) in [7, 11) is 1.73. The Morgan fingerprint density at radius 3 is 2.17 bits per heavy atom.